The van der Waals surface area contributed by atoms with Crippen LogP contribution in [0.25, 0.3) is 0 Å². The van der Waals surface area contributed by atoms with Crippen molar-refractivity contribution >= 4 is 11.6 Å². The van der Waals surface area contributed by atoms with Gasteiger partial charge in [-0.3, -0.25) is 4.90 Å². The molecule has 1 aliphatic heterocycles. The van der Waals surface area contributed by atoms with Gasteiger partial charge in [-0.1, -0.05) is 23.7 Å². The van der Waals surface area contributed by atoms with Crippen LogP contribution in [0.3, 0.4) is 0 Å². The molecule has 1 aromatic heterocycles. The number of halogens is 1. The number of hydrogen-bond acceptors (Lipinski definition) is 7. The second kappa shape index (κ2) is 11.3. The minimum absolute atomic E-state index is 0.0321. The fourth-order valence-corrected chi connectivity index (χ4v) is 4.45. The molecule has 1 saturated heterocycles. The van der Waals surface area contributed by atoms with E-state index in [4.69, 9.17) is 25.8 Å². The zero-order valence-electron chi connectivity index (χ0n) is 20.1. The Morgan fingerprint density at radius 2 is 2.03 bits per heavy atom. The van der Waals surface area contributed by atoms with Gasteiger partial charge in [-0.05, 0) is 49.2 Å². The number of likely N-dealkylation sites (tertiary alicyclic amines) is 1. The molecule has 2 atom stereocenters. The molecule has 1 aliphatic rings. The summed E-state index contributed by atoms with van der Waals surface area (Å²) < 4.78 is 19.3. The highest BCUT2D eigenvalue weighted by molar-refractivity contribution is 6.30. The normalized spacial score (nSPS) is 20.5. The number of hydrogen-bond donors (Lipinski definition) is 2. The van der Waals surface area contributed by atoms with Gasteiger partial charge in [0.2, 0.25) is 0 Å². The highest BCUT2D eigenvalue weighted by Gasteiger charge is 2.42. The van der Waals surface area contributed by atoms with Crippen molar-refractivity contribution in [3.63, 3.8) is 0 Å². The Labute approximate surface area is 210 Å². The van der Waals surface area contributed by atoms with Crippen molar-refractivity contribution in [1.82, 2.24) is 14.5 Å². The van der Waals surface area contributed by atoms with Gasteiger partial charge in [-0.15, -0.1) is 0 Å². The molecule has 188 valence electrons. The number of ether oxygens (including phenoxy) is 3. The summed E-state index contributed by atoms with van der Waals surface area (Å²) in [5.74, 6) is 2.82. The lowest BCUT2D eigenvalue weighted by Crippen LogP contribution is -2.59. The van der Waals surface area contributed by atoms with Crippen molar-refractivity contribution in [3.8, 4) is 17.2 Å². The largest absolute Gasteiger partial charge is 0.493 e. The SMILES string of the molecule is COc1ccc(CN2CC[C@H](O)[C@@](O)(COc3cccc(Cl)c3)C2)cc1OCCn1ccnc1C. The van der Waals surface area contributed by atoms with Crippen molar-refractivity contribution in [2.45, 2.75) is 38.1 Å². The Kier molecular flexibility index (Phi) is 8.18. The molecule has 0 unspecified atom stereocenters. The van der Waals surface area contributed by atoms with Crippen LogP contribution in [0.4, 0.5) is 0 Å². The van der Waals surface area contributed by atoms with E-state index < -0.39 is 11.7 Å². The van der Waals surface area contributed by atoms with Crippen LogP contribution in [0.1, 0.15) is 17.8 Å². The topological polar surface area (TPSA) is 89.2 Å². The molecule has 35 heavy (non-hydrogen) atoms. The van der Waals surface area contributed by atoms with Gasteiger partial charge in [0.05, 0.1) is 19.8 Å². The molecule has 8 nitrogen and oxygen atoms in total. The number of piperidine rings is 1. The fraction of sp³-hybridized carbons (Fsp3) is 0.423. The highest BCUT2D eigenvalue weighted by atomic mass is 35.5. The number of aliphatic hydroxyl groups excluding tert-OH is 1. The first-order valence-electron chi connectivity index (χ1n) is 11.6. The highest BCUT2D eigenvalue weighted by Crippen LogP contribution is 2.30. The van der Waals surface area contributed by atoms with Crippen molar-refractivity contribution < 1.29 is 24.4 Å². The third-order valence-electron chi connectivity index (χ3n) is 6.27. The number of rotatable bonds is 10. The summed E-state index contributed by atoms with van der Waals surface area (Å²) in [4.78, 5) is 6.34. The Hall–Kier alpha value is -2.78. The summed E-state index contributed by atoms with van der Waals surface area (Å²) in [7, 11) is 1.62. The van der Waals surface area contributed by atoms with Gasteiger partial charge in [0.1, 0.15) is 30.4 Å². The molecule has 2 aromatic carbocycles. The minimum Gasteiger partial charge on any atom is -0.493 e. The van der Waals surface area contributed by atoms with Crippen LogP contribution in [0, 0.1) is 6.92 Å². The monoisotopic (exact) mass is 501 g/mol. The standard InChI is InChI=1S/C26H32ClN3O5/c1-19-28-9-11-30(19)12-13-34-24-14-20(6-7-23(24)33-2)16-29-10-8-25(31)26(32,17-29)18-35-22-5-3-4-21(27)15-22/h3-7,9,11,14-15,25,31-32H,8,10,12-13,16-18H2,1-2H3/t25-,26-/m0/s1. The van der Waals surface area contributed by atoms with Crippen molar-refractivity contribution in [2.75, 3.05) is 33.4 Å². The van der Waals surface area contributed by atoms with E-state index in [-0.39, 0.29) is 13.2 Å². The maximum absolute atomic E-state index is 11.2. The summed E-state index contributed by atoms with van der Waals surface area (Å²) in [5, 5.41) is 22.3. The second-order valence-electron chi connectivity index (χ2n) is 8.87. The smallest absolute Gasteiger partial charge is 0.161 e. The van der Waals surface area contributed by atoms with E-state index in [0.717, 1.165) is 11.4 Å². The fourth-order valence-electron chi connectivity index (χ4n) is 4.27. The maximum atomic E-state index is 11.2. The second-order valence-corrected chi connectivity index (χ2v) is 9.30. The molecule has 3 aromatic rings. The van der Waals surface area contributed by atoms with Crippen LogP contribution in [-0.2, 0) is 13.1 Å². The average Bonchev–Trinajstić information content (AvgIpc) is 3.25. The Balaban J connectivity index is 1.38. The van der Waals surface area contributed by atoms with Gasteiger partial charge in [0.15, 0.2) is 11.5 Å². The van der Waals surface area contributed by atoms with Crippen LogP contribution < -0.4 is 14.2 Å². The van der Waals surface area contributed by atoms with Crippen LogP contribution in [0.15, 0.2) is 54.9 Å². The van der Waals surface area contributed by atoms with Gasteiger partial charge >= 0.3 is 0 Å². The first-order valence-corrected chi connectivity index (χ1v) is 12.0. The third-order valence-corrected chi connectivity index (χ3v) is 6.50. The van der Waals surface area contributed by atoms with Gasteiger partial charge in [0, 0.05) is 37.1 Å². The Morgan fingerprint density at radius 1 is 1.17 bits per heavy atom. The summed E-state index contributed by atoms with van der Waals surface area (Å²) in [6.07, 6.45) is 3.26. The molecular weight excluding hydrogens is 470 g/mol. The zero-order valence-corrected chi connectivity index (χ0v) is 20.8. The number of benzene rings is 2. The average molecular weight is 502 g/mol. The van der Waals surface area contributed by atoms with Crippen LogP contribution in [-0.4, -0.2) is 69.8 Å². The number of imidazole rings is 1. The van der Waals surface area contributed by atoms with E-state index in [2.05, 4.69) is 9.88 Å². The molecule has 0 aliphatic carbocycles. The molecule has 0 saturated carbocycles. The third kappa shape index (κ3) is 6.46. The summed E-state index contributed by atoms with van der Waals surface area (Å²) in [5.41, 5.74) is -0.371. The Bertz CT molecular complexity index is 1120. The predicted octanol–water partition coefficient (Wildman–Crippen LogP) is 3.31. The minimum atomic E-state index is -1.39. The quantitative estimate of drug-likeness (QED) is 0.440. The Morgan fingerprint density at radius 3 is 2.77 bits per heavy atom. The molecule has 4 rings (SSSR count). The predicted molar refractivity (Wildman–Crippen MR) is 133 cm³/mol. The van der Waals surface area contributed by atoms with Gasteiger partial charge in [-0.2, -0.15) is 0 Å². The summed E-state index contributed by atoms with van der Waals surface area (Å²) in [6.45, 7) is 4.61. The van der Waals surface area contributed by atoms with Gasteiger partial charge < -0.3 is 29.0 Å². The number of aryl methyl sites for hydroxylation is 1. The van der Waals surface area contributed by atoms with Crippen LogP contribution in [0.2, 0.25) is 5.02 Å². The zero-order chi connectivity index (χ0) is 24.8. The molecule has 9 heteroatoms. The van der Waals surface area contributed by atoms with E-state index in [1.54, 1.807) is 37.6 Å². The summed E-state index contributed by atoms with van der Waals surface area (Å²) in [6, 6.07) is 12.8. The molecule has 0 bridgehead atoms. The van der Waals surface area contributed by atoms with Crippen molar-refractivity contribution in [1.29, 1.82) is 0 Å². The first-order chi connectivity index (χ1) is 16.9. The van der Waals surface area contributed by atoms with Crippen LogP contribution in [0.5, 0.6) is 17.2 Å². The number of β-amino-alcohol motifs (C(OH)–C–C–N with tert-alkyl or cyclic N) is 1. The molecule has 0 radical (unpaired) electrons. The summed E-state index contributed by atoms with van der Waals surface area (Å²) >= 11 is 6.02. The molecule has 0 spiro atoms. The lowest BCUT2D eigenvalue weighted by Gasteiger charge is -2.42. The van der Waals surface area contributed by atoms with E-state index in [0.29, 0.717) is 54.9 Å². The van der Waals surface area contributed by atoms with Gasteiger partial charge in [-0.25, -0.2) is 4.98 Å². The van der Waals surface area contributed by atoms with E-state index >= 15 is 0 Å². The van der Waals surface area contributed by atoms with Crippen LogP contribution >= 0.6 is 11.6 Å². The molecular formula is C26H32ClN3O5. The van der Waals surface area contributed by atoms with E-state index in [9.17, 15) is 10.2 Å². The molecule has 2 N–H and O–H groups in total. The molecule has 2 heterocycles. The van der Waals surface area contributed by atoms with E-state index in [1.807, 2.05) is 35.9 Å². The lowest BCUT2D eigenvalue weighted by molar-refractivity contribution is -0.140. The van der Waals surface area contributed by atoms with E-state index in [1.165, 1.54) is 0 Å². The van der Waals surface area contributed by atoms with Crippen molar-refractivity contribution in [3.05, 3.63) is 71.3 Å². The number of methoxy groups -OCH3 is 1. The number of aliphatic hydroxyl groups is 2. The maximum Gasteiger partial charge on any atom is 0.161 e. The first kappa shape index (κ1) is 25.3. The number of nitrogens with zero attached hydrogens (tertiary/aromatic N) is 3. The lowest BCUT2D eigenvalue weighted by atomic mass is 9.90. The van der Waals surface area contributed by atoms with Crippen molar-refractivity contribution in [2.24, 2.45) is 0 Å². The van der Waals surface area contributed by atoms with Gasteiger partial charge in [0.25, 0.3) is 0 Å². The molecule has 0 amide bonds. The number of aromatic nitrogens is 2. The molecule has 1 fully saturated rings.